The molecule has 0 unspecified atom stereocenters. The zero-order valence-electron chi connectivity index (χ0n) is 8.07. The molecule has 4 nitrogen and oxygen atoms in total. The molecule has 0 radical (unpaired) electrons. The van der Waals surface area contributed by atoms with E-state index in [9.17, 15) is 19.8 Å². The molecule has 0 saturated heterocycles. The molecule has 3 rings (SSSR count). The van der Waals surface area contributed by atoms with Crippen LogP contribution < -0.4 is 10.2 Å². The predicted molar refractivity (Wildman–Crippen MR) is 50.6 cm³/mol. The first-order valence-electron chi connectivity index (χ1n) is 5.06. The van der Waals surface area contributed by atoms with Gasteiger partial charge in [-0.3, -0.25) is 0 Å². The molecule has 0 N–H and O–H groups in total. The summed E-state index contributed by atoms with van der Waals surface area (Å²) in [4.78, 5) is 22.0. The van der Waals surface area contributed by atoms with E-state index in [-0.39, 0.29) is 5.92 Å². The highest BCUT2D eigenvalue weighted by Gasteiger charge is 2.52. The summed E-state index contributed by atoms with van der Waals surface area (Å²) in [6, 6.07) is 0. The van der Waals surface area contributed by atoms with Gasteiger partial charge in [-0.15, -0.1) is 0 Å². The Kier molecular flexibility index (Phi) is 2.53. The van der Waals surface area contributed by atoms with Gasteiger partial charge in [-0.1, -0.05) is 15.9 Å². The van der Waals surface area contributed by atoms with E-state index in [0.29, 0.717) is 12.8 Å². The van der Waals surface area contributed by atoms with Gasteiger partial charge in [-0.25, -0.2) is 0 Å². The van der Waals surface area contributed by atoms with E-state index in [0.717, 1.165) is 12.8 Å². The number of rotatable bonds is 2. The summed E-state index contributed by atoms with van der Waals surface area (Å²) < 4.78 is -0.592. The van der Waals surface area contributed by atoms with Crippen LogP contribution in [0.1, 0.15) is 25.7 Å². The predicted octanol–water partition coefficient (Wildman–Crippen LogP) is -0.944. The molecule has 5 heteroatoms. The Labute approximate surface area is 95.8 Å². The van der Waals surface area contributed by atoms with Gasteiger partial charge in [-0.05, 0) is 31.6 Å². The Morgan fingerprint density at radius 2 is 1.67 bits per heavy atom. The van der Waals surface area contributed by atoms with Crippen LogP contribution in [0.5, 0.6) is 0 Å². The van der Waals surface area contributed by atoms with E-state index in [4.69, 9.17) is 0 Å². The molecule has 2 atom stereocenters. The normalized spacial score (nSPS) is 43.9. The first-order chi connectivity index (χ1) is 6.96. The van der Waals surface area contributed by atoms with Gasteiger partial charge in [0.05, 0.1) is 0 Å². The summed E-state index contributed by atoms with van der Waals surface area (Å²) in [5.74, 6) is -4.42. The number of alkyl halides is 1. The topological polar surface area (TPSA) is 80.3 Å². The number of hydrogen-bond donors (Lipinski definition) is 0. The average molecular weight is 275 g/mol. The van der Waals surface area contributed by atoms with Crippen LogP contribution >= 0.6 is 15.9 Å². The molecule has 3 saturated carbocycles. The van der Waals surface area contributed by atoms with Crippen LogP contribution in [0.2, 0.25) is 0 Å². The third-order valence-electron chi connectivity index (χ3n) is 3.81. The van der Waals surface area contributed by atoms with Crippen molar-refractivity contribution in [2.75, 3.05) is 0 Å². The fourth-order valence-electron chi connectivity index (χ4n) is 3.07. The number of carbonyl (C=O) groups is 2. The van der Waals surface area contributed by atoms with Crippen LogP contribution in [0.25, 0.3) is 0 Å². The Hall–Kier alpha value is -0.580. The maximum absolute atomic E-state index is 11.0. The molecule has 0 amide bonds. The van der Waals surface area contributed by atoms with E-state index in [1.807, 2.05) is 0 Å². The van der Waals surface area contributed by atoms with Crippen molar-refractivity contribution in [3.63, 3.8) is 0 Å². The zero-order valence-corrected chi connectivity index (χ0v) is 9.66. The van der Waals surface area contributed by atoms with Crippen molar-refractivity contribution < 1.29 is 19.8 Å². The maximum atomic E-state index is 11.0. The monoisotopic (exact) mass is 274 g/mol. The largest absolute Gasteiger partial charge is 0.550 e. The second-order valence-electron chi connectivity index (χ2n) is 4.51. The lowest BCUT2D eigenvalue weighted by Crippen LogP contribution is -2.60. The van der Waals surface area contributed by atoms with Gasteiger partial charge in [0.25, 0.3) is 0 Å². The van der Waals surface area contributed by atoms with E-state index in [1.54, 1.807) is 0 Å². The van der Waals surface area contributed by atoms with Gasteiger partial charge in [0.15, 0.2) is 0 Å². The minimum atomic E-state index is -1.27. The third kappa shape index (κ3) is 1.57. The Balaban J connectivity index is 2.37. The summed E-state index contributed by atoms with van der Waals surface area (Å²) in [6.07, 6.45) is 2.93. The van der Waals surface area contributed by atoms with E-state index < -0.39 is 28.1 Å². The zero-order chi connectivity index (χ0) is 11.2. The van der Waals surface area contributed by atoms with Crippen LogP contribution in [0.4, 0.5) is 0 Å². The minimum absolute atomic E-state index is 0.0580. The van der Waals surface area contributed by atoms with Gasteiger partial charge in [0.1, 0.15) is 0 Å². The van der Waals surface area contributed by atoms with E-state index in [1.165, 1.54) is 0 Å². The number of carboxylic acids is 2. The fraction of sp³-hybridized carbons (Fsp3) is 0.800. The van der Waals surface area contributed by atoms with Gasteiger partial charge < -0.3 is 19.8 Å². The molecule has 3 fully saturated rings. The van der Waals surface area contributed by atoms with Crippen LogP contribution in [0.3, 0.4) is 0 Å². The number of halogens is 1. The molecular formula is C10H11BrO4-2. The van der Waals surface area contributed by atoms with Gasteiger partial charge >= 0.3 is 0 Å². The smallest absolute Gasteiger partial charge is 0.0465 e. The fourth-order valence-corrected chi connectivity index (χ4v) is 4.00. The molecule has 0 heterocycles. The Morgan fingerprint density at radius 1 is 1.13 bits per heavy atom. The highest BCUT2D eigenvalue weighted by molar-refractivity contribution is 9.10. The quantitative estimate of drug-likeness (QED) is 0.609. The SMILES string of the molecule is O=C([O-])[C@@H]1C2CCC(Br)(CC2)[C@H]1C(=O)[O-]. The molecular weight excluding hydrogens is 264 g/mol. The maximum Gasteiger partial charge on any atom is 0.0465 e. The lowest BCUT2D eigenvalue weighted by molar-refractivity contribution is -0.333. The molecule has 84 valence electrons. The summed E-state index contributed by atoms with van der Waals surface area (Å²) >= 11 is 3.40. The molecule has 0 spiro atoms. The van der Waals surface area contributed by atoms with Gasteiger partial charge in [0.2, 0.25) is 0 Å². The minimum Gasteiger partial charge on any atom is -0.550 e. The van der Waals surface area contributed by atoms with Gasteiger partial charge in [0, 0.05) is 28.1 Å². The van der Waals surface area contributed by atoms with Crippen LogP contribution in [0, 0.1) is 17.8 Å². The van der Waals surface area contributed by atoms with Crippen LogP contribution in [0.15, 0.2) is 0 Å². The standard InChI is InChI=1S/C10H13BrO4/c11-10-3-1-5(2-4-10)6(8(12)13)7(10)9(14)15/h5-7H,1-4H2,(H,12,13)(H,14,15)/p-2/t5?,6-,7-,10?/m1/s1. The van der Waals surface area contributed by atoms with Crippen molar-refractivity contribution in [1.82, 2.24) is 0 Å². The molecule has 15 heavy (non-hydrogen) atoms. The van der Waals surface area contributed by atoms with E-state index in [2.05, 4.69) is 15.9 Å². The average Bonchev–Trinajstić information content (AvgIpc) is 2.16. The van der Waals surface area contributed by atoms with Crippen molar-refractivity contribution in [3.8, 4) is 0 Å². The first kappa shape index (κ1) is 10.9. The molecule has 0 aromatic heterocycles. The second-order valence-corrected chi connectivity index (χ2v) is 6.09. The number of carboxylic acid groups (broad SMARTS) is 2. The number of fused-ring (bicyclic) bond motifs is 3. The molecule has 3 aliphatic rings. The number of aliphatic carboxylic acids is 2. The summed E-state index contributed by atoms with van der Waals surface area (Å²) in [5.41, 5.74) is 0. The highest BCUT2D eigenvalue weighted by atomic mass is 79.9. The lowest BCUT2D eigenvalue weighted by Gasteiger charge is -2.54. The van der Waals surface area contributed by atoms with Crippen molar-refractivity contribution in [1.29, 1.82) is 0 Å². The molecule has 0 aliphatic heterocycles. The Morgan fingerprint density at radius 3 is 2.00 bits per heavy atom. The van der Waals surface area contributed by atoms with Crippen molar-refractivity contribution in [2.24, 2.45) is 17.8 Å². The first-order valence-corrected chi connectivity index (χ1v) is 5.85. The molecule has 0 aromatic carbocycles. The summed E-state index contributed by atoms with van der Waals surface area (Å²) in [5, 5.41) is 22.0. The van der Waals surface area contributed by atoms with Crippen LogP contribution in [-0.2, 0) is 9.59 Å². The van der Waals surface area contributed by atoms with Crippen molar-refractivity contribution in [2.45, 2.75) is 30.0 Å². The second kappa shape index (κ2) is 3.47. The number of hydrogen-bond acceptors (Lipinski definition) is 4. The van der Waals surface area contributed by atoms with E-state index >= 15 is 0 Å². The van der Waals surface area contributed by atoms with Gasteiger partial charge in [-0.2, -0.15) is 0 Å². The Bertz CT molecular complexity index is 307. The van der Waals surface area contributed by atoms with Crippen LogP contribution in [-0.4, -0.2) is 16.3 Å². The van der Waals surface area contributed by atoms with Crippen molar-refractivity contribution in [3.05, 3.63) is 0 Å². The lowest BCUT2D eigenvalue weighted by atomic mass is 9.58. The third-order valence-corrected chi connectivity index (χ3v) is 5.10. The molecule has 2 bridgehead atoms. The van der Waals surface area contributed by atoms with Crippen molar-refractivity contribution >= 4 is 27.9 Å². The highest BCUT2D eigenvalue weighted by Crippen LogP contribution is 2.55. The molecule has 3 aliphatic carbocycles. The summed E-state index contributed by atoms with van der Waals surface area (Å²) in [7, 11) is 0. The summed E-state index contributed by atoms with van der Waals surface area (Å²) in [6.45, 7) is 0. The molecule has 0 aromatic rings. The number of carbonyl (C=O) groups excluding carboxylic acids is 2.